The van der Waals surface area contributed by atoms with Crippen LogP contribution in [0.4, 0.5) is 4.79 Å². The van der Waals surface area contributed by atoms with E-state index in [2.05, 4.69) is 10.1 Å². The van der Waals surface area contributed by atoms with E-state index in [1.165, 1.54) is 39.0 Å². The van der Waals surface area contributed by atoms with Crippen LogP contribution in [0.25, 0.3) is 0 Å². The molecular formula is C14H25NO6. The summed E-state index contributed by atoms with van der Waals surface area (Å²) < 4.78 is 9.50. The first-order valence-electron chi connectivity index (χ1n) is 7.15. The van der Waals surface area contributed by atoms with Gasteiger partial charge in [0.1, 0.15) is 13.2 Å². The number of aliphatic carboxylic acids is 1. The van der Waals surface area contributed by atoms with Crippen LogP contribution in [0.5, 0.6) is 0 Å². The van der Waals surface area contributed by atoms with E-state index < -0.39 is 12.1 Å². The predicted octanol–water partition coefficient (Wildman–Crippen LogP) is 1.95. The number of esters is 1. The lowest BCUT2D eigenvalue weighted by molar-refractivity contribution is -0.142. The van der Waals surface area contributed by atoms with Crippen LogP contribution < -0.4 is 5.32 Å². The number of nitrogens with one attached hydrogen (secondary N) is 1. The van der Waals surface area contributed by atoms with Gasteiger partial charge in [0.15, 0.2) is 0 Å². The van der Waals surface area contributed by atoms with Crippen LogP contribution in [-0.2, 0) is 19.1 Å². The van der Waals surface area contributed by atoms with E-state index in [-0.39, 0.29) is 19.2 Å². The van der Waals surface area contributed by atoms with Gasteiger partial charge in [-0.2, -0.15) is 0 Å². The van der Waals surface area contributed by atoms with Gasteiger partial charge in [0.2, 0.25) is 0 Å². The van der Waals surface area contributed by atoms with Gasteiger partial charge in [-0.3, -0.25) is 9.59 Å². The molecule has 0 saturated heterocycles. The Balaban J connectivity index is 0.000000885. The summed E-state index contributed by atoms with van der Waals surface area (Å²) in [4.78, 5) is 30.7. The van der Waals surface area contributed by atoms with Crippen LogP contribution in [0.1, 0.15) is 46.0 Å². The zero-order chi connectivity index (χ0) is 16.1. The Morgan fingerprint density at radius 2 is 1.57 bits per heavy atom. The molecule has 0 radical (unpaired) electrons. The van der Waals surface area contributed by atoms with Gasteiger partial charge in [-0.15, -0.1) is 0 Å². The maximum atomic E-state index is 11.3. The summed E-state index contributed by atoms with van der Waals surface area (Å²) >= 11 is 0. The van der Waals surface area contributed by atoms with Crippen molar-refractivity contribution in [2.45, 2.75) is 46.0 Å². The van der Waals surface area contributed by atoms with Crippen molar-refractivity contribution in [2.24, 2.45) is 5.92 Å². The third kappa shape index (κ3) is 14.4. The summed E-state index contributed by atoms with van der Waals surface area (Å²) in [7, 11) is 0. The summed E-state index contributed by atoms with van der Waals surface area (Å²) in [5, 5.41) is 10.2. The molecule has 1 aliphatic rings. The summed E-state index contributed by atoms with van der Waals surface area (Å²) in [6.45, 7) is 3.32. The summed E-state index contributed by atoms with van der Waals surface area (Å²) in [6, 6.07) is 0. The smallest absolute Gasteiger partial charge is 0.407 e. The Hall–Kier alpha value is -1.79. The van der Waals surface area contributed by atoms with Gasteiger partial charge in [0, 0.05) is 20.4 Å². The van der Waals surface area contributed by atoms with Crippen LogP contribution in [0.3, 0.4) is 0 Å². The SMILES string of the molecule is CC(=O)O.CC(=O)OCCOC(=O)NCC1CCCCC1. The maximum absolute atomic E-state index is 11.3. The number of amides is 1. The maximum Gasteiger partial charge on any atom is 0.407 e. The zero-order valence-corrected chi connectivity index (χ0v) is 12.7. The average Bonchev–Trinajstić information content (AvgIpc) is 2.42. The third-order valence-electron chi connectivity index (χ3n) is 2.88. The molecule has 0 aliphatic heterocycles. The second-order valence-corrected chi connectivity index (χ2v) is 4.88. The summed E-state index contributed by atoms with van der Waals surface area (Å²) in [6.07, 6.45) is 5.77. The van der Waals surface area contributed by atoms with Gasteiger partial charge < -0.3 is 19.9 Å². The van der Waals surface area contributed by atoms with Crippen molar-refractivity contribution in [3.05, 3.63) is 0 Å². The van der Waals surface area contributed by atoms with E-state index in [0.29, 0.717) is 12.5 Å². The number of carbonyl (C=O) groups is 3. The lowest BCUT2D eigenvalue weighted by Gasteiger charge is -2.21. The van der Waals surface area contributed by atoms with Crippen molar-refractivity contribution in [3.63, 3.8) is 0 Å². The first-order chi connectivity index (χ1) is 9.91. The van der Waals surface area contributed by atoms with Crippen LogP contribution in [0.15, 0.2) is 0 Å². The van der Waals surface area contributed by atoms with E-state index >= 15 is 0 Å². The Labute approximate surface area is 125 Å². The van der Waals surface area contributed by atoms with E-state index in [9.17, 15) is 9.59 Å². The van der Waals surface area contributed by atoms with Gasteiger partial charge in [0.05, 0.1) is 0 Å². The Kier molecular flexibility index (Phi) is 11.0. The minimum atomic E-state index is -0.833. The fraction of sp³-hybridized carbons (Fsp3) is 0.786. The van der Waals surface area contributed by atoms with Gasteiger partial charge in [-0.05, 0) is 18.8 Å². The third-order valence-corrected chi connectivity index (χ3v) is 2.88. The van der Waals surface area contributed by atoms with Crippen molar-refractivity contribution in [3.8, 4) is 0 Å². The van der Waals surface area contributed by atoms with Gasteiger partial charge >= 0.3 is 12.1 Å². The first-order valence-corrected chi connectivity index (χ1v) is 7.15. The number of ether oxygens (including phenoxy) is 2. The fourth-order valence-corrected chi connectivity index (χ4v) is 1.99. The van der Waals surface area contributed by atoms with Crippen molar-refractivity contribution >= 4 is 18.0 Å². The number of carboxylic acid groups (broad SMARTS) is 1. The highest BCUT2D eigenvalue weighted by Crippen LogP contribution is 2.22. The molecule has 122 valence electrons. The number of hydrogen-bond acceptors (Lipinski definition) is 5. The molecule has 0 aromatic heterocycles. The Bertz CT molecular complexity index is 321. The largest absolute Gasteiger partial charge is 0.481 e. The first kappa shape index (κ1) is 19.2. The molecule has 1 aliphatic carbocycles. The van der Waals surface area contributed by atoms with Crippen LogP contribution >= 0.6 is 0 Å². The molecule has 0 heterocycles. The lowest BCUT2D eigenvalue weighted by atomic mass is 9.89. The standard InChI is InChI=1S/C12H21NO4.C2H4O2/c1-10(14)16-7-8-17-12(15)13-9-11-5-3-2-4-6-11;1-2(3)4/h11H,2-9H2,1H3,(H,13,15);1H3,(H,3,4). The van der Waals surface area contributed by atoms with Crippen molar-refractivity contribution < 1.29 is 29.0 Å². The lowest BCUT2D eigenvalue weighted by Crippen LogP contribution is -2.31. The molecule has 7 heteroatoms. The molecule has 1 rings (SSSR count). The normalized spacial score (nSPS) is 14.4. The molecule has 0 unspecified atom stereocenters. The van der Waals surface area contributed by atoms with Crippen molar-refractivity contribution in [2.75, 3.05) is 19.8 Å². The van der Waals surface area contributed by atoms with E-state index in [4.69, 9.17) is 14.6 Å². The zero-order valence-electron chi connectivity index (χ0n) is 12.7. The molecule has 2 N–H and O–H groups in total. The summed E-state index contributed by atoms with van der Waals surface area (Å²) in [5.74, 6) is -0.610. The molecule has 1 fully saturated rings. The molecule has 21 heavy (non-hydrogen) atoms. The van der Waals surface area contributed by atoms with E-state index in [0.717, 1.165) is 6.92 Å². The fourth-order valence-electron chi connectivity index (χ4n) is 1.99. The second-order valence-electron chi connectivity index (χ2n) is 4.88. The highest BCUT2D eigenvalue weighted by atomic mass is 16.6. The summed E-state index contributed by atoms with van der Waals surface area (Å²) in [5.41, 5.74) is 0. The van der Waals surface area contributed by atoms with Gasteiger partial charge in [-0.1, -0.05) is 19.3 Å². The minimum absolute atomic E-state index is 0.107. The number of alkyl carbamates (subject to hydrolysis) is 1. The predicted molar refractivity (Wildman–Crippen MR) is 75.9 cm³/mol. The Morgan fingerprint density at radius 1 is 1.05 bits per heavy atom. The van der Waals surface area contributed by atoms with Crippen LogP contribution in [0.2, 0.25) is 0 Å². The van der Waals surface area contributed by atoms with Gasteiger partial charge in [0.25, 0.3) is 5.97 Å². The Morgan fingerprint density at radius 3 is 2.10 bits per heavy atom. The molecule has 1 amide bonds. The molecule has 0 aromatic rings. The number of carboxylic acids is 1. The quantitative estimate of drug-likeness (QED) is 0.594. The van der Waals surface area contributed by atoms with E-state index in [1.54, 1.807) is 0 Å². The molecule has 1 saturated carbocycles. The minimum Gasteiger partial charge on any atom is -0.481 e. The average molecular weight is 303 g/mol. The van der Waals surface area contributed by atoms with Crippen LogP contribution in [0, 0.1) is 5.92 Å². The second kappa shape index (κ2) is 12.0. The van der Waals surface area contributed by atoms with E-state index in [1.807, 2.05) is 0 Å². The number of hydrogen-bond donors (Lipinski definition) is 2. The highest BCUT2D eigenvalue weighted by molar-refractivity contribution is 5.67. The molecule has 0 aromatic carbocycles. The van der Waals surface area contributed by atoms with Crippen LogP contribution in [-0.4, -0.2) is 42.9 Å². The number of carbonyl (C=O) groups excluding carboxylic acids is 2. The topological polar surface area (TPSA) is 102 Å². The molecule has 0 spiro atoms. The molecular weight excluding hydrogens is 278 g/mol. The monoisotopic (exact) mass is 303 g/mol. The van der Waals surface area contributed by atoms with Crippen molar-refractivity contribution in [1.82, 2.24) is 5.32 Å². The van der Waals surface area contributed by atoms with Crippen molar-refractivity contribution in [1.29, 1.82) is 0 Å². The molecule has 0 bridgehead atoms. The highest BCUT2D eigenvalue weighted by Gasteiger charge is 2.14. The van der Waals surface area contributed by atoms with Gasteiger partial charge in [-0.25, -0.2) is 4.79 Å². The number of rotatable bonds is 5. The molecule has 7 nitrogen and oxygen atoms in total. The molecule has 0 atom stereocenters.